The number of rotatable bonds is 5. The van der Waals surface area contributed by atoms with Gasteiger partial charge in [0, 0.05) is 11.6 Å². The summed E-state index contributed by atoms with van der Waals surface area (Å²) in [4.78, 5) is 11.9. The van der Waals surface area contributed by atoms with Crippen LogP contribution in [-0.4, -0.2) is 27.3 Å². The fourth-order valence-corrected chi connectivity index (χ4v) is 1.76. The van der Waals surface area contributed by atoms with Crippen molar-refractivity contribution in [1.82, 2.24) is 5.32 Å². The third kappa shape index (κ3) is 3.29. The summed E-state index contributed by atoms with van der Waals surface area (Å²) < 4.78 is 0. The van der Waals surface area contributed by atoms with Gasteiger partial charge in [0.2, 0.25) is 0 Å². The molecule has 5 heteroatoms. The van der Waals surface area contributed by atoms with Crippen LogP contribution in [0.5, 0.6) is 0 Å². The van der Waals surface area contributed by atoms with Gasteiger partial charge < -0.3 is 20.6 Å². The molecule has 4 N–H and O–H groups in total. The molecule has 0 saturated carbocycles. The molecule has 1 rings (SSSR count). The molecule has 0 aliphatic rings. The van der Waals surface area contributed by atoms with Gasteiger partial charge in [-0.15, -0.1) is 0 Å². The van der Waals surface area contributed by atoms with E-state index in [1.54, 1.807) is 0 Å². The van der Waals surface area contributed by atoms with Crippen molar-refractivity contribution in [1.29, 1.82) is 0 Å². The summed E-state index contributed by atoms with van der Waals surface area (Å²) >= 11 is 0. The first-order valence-electron chi connectivity index (χ1n) is 5.81. The predicted molar refractivity (Wildman–Crippen MR) is 66.8 cm³/mol. The van der Waals surface area contributed by atoms with E-state index in [2.05, 4.69) is 5.32 Å². The zero-order valence-corrected chi connectivity index (χ0v) is 10.6. The molecule has 18 heavy (non-hydrogen) atoms. The molecule has 0 saturated heterocycles. The normalized spacial score (nSPS) is 10.8. The Morgan fingerprint density at radius 1 is 1.11 bits per heavy atom. The van der Waals surface area contributed by atoms with E-state index in [4.69, 9.17) is 0 Å². The highest BCUT2D eigenvalue weighted by Crippen LogP contribution is 2.19. The maximum absolute atomic E-state index is 11.9. The maximum Gasteiger partial charge on any atom is 0.251 e. The number of benzene rings is 1. The molecule has 0 fully saturated rings. The van der Waals surface area contributed by atoms with Gasteiger partial charge in [-0.05, 0) is 42.7 Å². The predicted octanol–water partition coefficient (Wildman–Crippen LogP) is 0.302. The van der Waals surface area contributed by atoms with Crippen LogP contribution in [0.3, 0.4) is 0 Å². The zero-order chi connectivity index (χ0) is 13.7. The minimum Gasteiger partial charge on any atom is -0.392 e. The van der Waals surface area contributed by atoms with E-state index in [9.17, 15) is 20.1 Å². The molecule has 0 bridgehead atoms. The maximum atomic E-state index is 11.9. The van der Waals surface area contributed by atoms with Crippen molar-refractivity contribution in [3.05, 3.63) is 34.4 Å². The summed E-state index contributed by atoms with van der Waals surface area (Å²) in [5.74, 6) is -0.265. The average molecular weight is 253 g/mol. The SMILES string of the molecule is CC(C)NC(=O)c1cc(CO)c(CO)c(CO)c1. The van der Waals surface area contributed by atoms with Crippen molar-refractivity contribution in [2.75, 3.05) is 0 Å². The van der Waals surface area contributed by atoms with Crippen LogP contribution in [0.25, 0.3) is 0 Å². The summed E-state index contributed by atoms with van der Waals surface area (Å²) in [7, 11) is 0. The molecule has 0 aliphatic carbocycles. The van der Waals surface area contributed by atoms with Crippen LogP contribution in [0.4, 0.5) is 0 Å². The highest BCUT2D eigenvalue weighted by atomic mass is 16.3. The van der Waals surface area contributed by atoms with Gasteiger partial charge in [0.05, 0.1) is 19.8 Å². The fourth-order valence-electron chi connectivity index (χ4n) is 1.76. The quantitative estimate of drug-likeness (QED) is 0.607. The third-order valence-corrected chi connectivity index (χ3v) is 2.62. The minimum absolute atomic E-state index is 0.00479. The van der Waals surface area contributed by atoms with Gasteiger partial charge in [-0.25, -0.2) is 0 Å². The average Bonchev–Trinajstić information content (AvgIpc) is 2.35. The Labute approximate surface area is 106 Å². The first-order valence-corrected chi connectivity index (χ1v) is 5.81. The van der Waals surface area contributed by atoms with E-state index in [0.29, 0.717) is 22.3 Å². The standard InChI is InChI=1S/C13H19NO4/c1-8(2)14-13(18)9-3-10(5-15)12(7-17)11(4-9)6-16/h3-4,8,15-17H,5-7H2,1-2H3,(H,14,18). The lowest BCUT2D eigenvalue weighted by molar-refractivity contribution is 0.0942. The number of carbonyl (C=O) groups excluding carboxylic acids is 1. The highest BCUT2D eigenvalue weighted by Gasteiger charge is 2.14. The molecule has 100 valence electrons. The van der Waals surface area contributed by atoms with Crippen LogP contribution in [0.15, 0.2) is 12.1 Å². The Bertz CT molecular complexity index is 404. The van der Waals surface area contributed by atoms with Gasteiger partial charge >= 0.3 is 0 Å². The summed E-state index contributed by atoms with van der Waals surface area (Å²) in [6.07, 6.45) is 0. The molecule has 0 aromatic heterocycles. The molecule has 1 aromatic carbocycles. The first kappa shape index (κ1) is 14.6. The Morgan fingerprint density at radius 2 is 1.61 bits per heavy atom. The highest BCUT2D eigenvalue weighted by molar-refractivity contribution is 5.94. The molecule has 5 nitrogen and oxygen atoms in total. The second-order valence-electron chi connectivity index (χ2n) is 4.38. The molecule has 0 aliphatic heterocycles. The van der Waals surface area contributed by atoms with Gasteiger partial charge in [-0.1, -0.05) is 0 Å². The van der Waals surface area contributed by atoms with Gasteiger partial charge in [-0.3, -0.25) is 4.79 Å². The van der Waals surface area contributed by atoms with E-state index in [-0.39, 0.29) is 31.8 Å². The largest absolute Gasteiger partial charge is 0.392 e. The van der Waals surface area contributed by atoms with E-state index >= 15 is 0 Å². The summed E-state index contributed by atoms with van der Waals surface area (Å²) in [5, 5.41) is 30.4. The van der Waals surface area contributed by atoms with Crippen molar-refractivity contribution in [2.24, 2.45) is 0 Å². The molecule has 0 heterocycles. The van der Waals surface area contributed by atoms with Gasteiger partial charge in [0.25, 0.3) is 5.91 Å². The number of hydrogen-bond acceptors (Lipinski definition) is 4. The second-order valence-corrected chi connectivity index (χ2v) is 4.38. The number of hydrogen-bond donors (Lipinski definition) is 4. The Balaban J connectivity index is 3.18. The van der Waals surface area contributed by atoms with Crippen molar-refractivity contribution >= 4 is 5.91 Å². The number of nitrogens with one attached hydrogen (secondary N) is 1. The van der Waals surface area contributed by atoms with Gasteiger partial charge in [0.15, 0.2) is 0 Å². The first-order chi connectivity index (χ1) is 8.53. The lowest BCUT2D eigenvalue weighted by Gasteiger charge is -2.14. The fraction of sp³-hybridized carbons (Fsp3) is 0.462. The van der Waals surface area contributed by atoms with E-state index in [1.165, 1.54) is 12.1 Å². The van der Waals surface area contributed by atoms with Crippen LogP contribution >= 0.6 is 0 Å². The Kier molecular flexibility index (Phi) is 5.27. The Morgan fingerprint density at radius 3 is 1.94 bits per heavy atom. The zero-order valence-electron chi connectivity index (χ0n) is 10.6. The smallest absolute Gasteiger partial charge is 0.251 e. The Hall–Kier alpha value is -1.43. The van der Waals surface area contributed by atoms with Crippen LogP contribution in [-0.2, 0) is 19.8 Å². The minimum atomic E-state index is -0.286. The molecule has 1 aromatic rings. The van der Waals surface area contributed by atoms with Crippen molar-refractivity contribution in [2.45, 2.75) is 39.7 Å². The number of carbonyl (C=O) groups is 1. The third-order valence-electron chi connectivity index (χ3n) is 2.62. The van der Waals surface area contributed by atoms with Crippen molar-refractivity contribution in [3.63, 3.8) is 0 Å². The summed E-state index contributed by atoms with van der Waals surface area (Å²) in [6.45, 7) is 2.84. The summed E-state index contributed by atoms with van der Waals surface area (Å²) in [6, 6.07) is 3.07. The molecule has 0 spiro atoms. The molecular formula is C13H19NO4. The lowest BCUT2D eigenvalue weighted by atomic mass is 9.98. The van der Waals surface area contributed by atoms with Crippen LogP contribution in [0, 0.1) is 0 Å². The van der Waals surface area contributed by atoms with Gasteiger partial charge in [0.1, 0.15) is 0 Å². The van der Waals surface area contributed by atoms with E-state index in [1.807, 2.05) is 13.8 Å². The molecule has 0 atom stereocenters. The topological polar surface area (TPSA) is 89.8 Å². The molecule has 0 unspecified atom stereocenters. The number of aliphatic hydroxyl groups is 3. The lowest BCUT2D eigenvalue weighted by Crippen LogP contribution is -2.30. The van der Waals surface area contributed by atoms with E-state index < -0.39 is 0 Å². The van der Waals surface area contributed by atoms with E-state index in [0.717, 1.165) is 0 Å². The van der Waals surface area contributed by atoms with Crippen LogP contribution < -0.4 is 5.32 Å². The monoisotopic (exact) mass is 253 g/mol. The van der Waals surface area contributed by atoms with Crippen LogP contribution in [0.1, 0.15) is 40.9 Å². The van der Waals surface area contributed by atoms with Gasteiger partial charge in [-0.2, -0.15) is 0 Å². The van der Waals surface area contributed by atoms with Crippen LogP contribution in [0.2, 0.25) is 0 Å². The molecule has 1 amide bonds. The number of aliphatic hydroxyl groups excluding tert-OH is 3. The summed E-state index contributed by atoms with van der Waals surface area (Å²) in [5.41, 5.74) is 1.76. The molecule has 0 radical (unpaired) electrons. The number of amides is 1. The second kappa shape index (κ2) is 6.49. The van der Waals surface area contributed by atoms with Crippen molar-refractivity contribution < 1.29 is 20.1 Å². The molecular weight excluding hydrogens is 234 g/mol. The van der Waals surface area contributed by atoms with Crippen molar-refractivity contribution in [3.8, 4) is 0 Å².